The topological polar surface area (TPSA) is 135 Å². The van der Waals surface area contributed by atoms with Crippen LogP contribution in [0.5, 0.6) is 0 Å². The van der Waals surface area contributed by atoms with Gasteiger partial charge in [0.25, 0.3) is 5.91 Å². The molecule has 21 heavy (non-hydrogen) atoms. The highest BCUT2D eigenvalue weighted by atomic mass is 16.2. The summed E-state index contributed by atoms with van der Waals surface area (Å²) in [4.78, 5) is 40.8. The summed E-state index contributed by atoms with van der Waals surface area (Å²) in [5.41, 5.74) is 4.38. The van der Waals surface area contributed by atoms with E-state index in [4.69, 9.17) is 5.73 Å². The fraction of sp³-hybridized carbons (Fsp3) is 0.545. The van der Waals surface area contributed by atoms with E-state index in [1.165, 1.54) is 11.0 Å². The van der Waals surface area contributed by atoms with Crippen molar-refractivity contribution in [2.24, 2.45) is 0 Å². The molecule has 2 saturated heterocycles. The van der Waals surface area contributed by atoms with Gasteiger partial charge in [0.2, 0.25) is 11.9 Å². The van der Waals surface area contributed by atoms with Gasteiger partial charge in [-0.05, 0) is 12.8 Å². The van der Waals surface area contributed by atoms with Gasteiger partial charge < -0.3 is 16.0 Å². The summed E-state index contributed by atoms with van der Waals surface area (Å²) >= 11 is 0. The van der Waals surface area contributed by atoms with Gasteiger partial charge in [-0.2, -0.15) is 0 Å². The lowest BCUT2D eigenvalue weighted by Gasteiger charge is -2.37. The molecule has 2 aliphatic heterocycles. The summed E-state index contributed by atoms with van der Waals surface area (Å²) in [7, 11) is 0. The normalized spacial score (nSPS) is 25.0. The van der Waals surface area contributed by atoms with Crippen LogP contribution in [0.25, 0.3) is 0 Å². The van der Waals surface area contributed by atoms with Crippen LogP contribution in [0.1, 0.15) is 12.8 Å². The number of nitrogens with zero attached hydrogens (tertiary/aromatic N) is 4. The Morgan fingerprint density at radius 1 is 1.48 bits per heavy atom. The molecule has 1 unspecified atom stereocenters. The van der Waals surface area contributed by atoms with E-state index < -0.39 is 11.6 Å². The van der Waals surface area contributed by atoms with Gasteiger partial charge in [0.05, 0.1) is 6.54 Å². The fourth-order valence-corrected chi connectivity index (χ4v) is 2.71. The Morgan fingerprint density at radius 2 is 2.29 bits per heavy atom. The van der Waals surface area contributed by atoms with Crippen LogP contribution in [0.2, 0.25) is 0 Å². The van der Waals surface area contributed by atoms with Crippen LogP contribution in [0, 0.1) is 0 Å². The molecular weight excluding hydrogens is 278 g/mol. The van der Waals surface area contributed by atoms with Gasteiger partial charge in [-0.1, -0.05) is 0 Å². The number of aromatic nitrogens is 3. The molecule has 0 bridgehead atoms. The van der Waals surface area contributed by atoms with Crippen molar-refractivity contribution >= 4 is 23.8 Å². The maximum atomic E-state index is 12.3. The number of likely N-dealkylation sites (tertiary alicyclic amines) is 1. The van der Waals surface area contributed by atoms with E-state index in [9.17, 15) is 14.4 Å². The van der Waals surface area contributed by atoms with Gasteiger partial charge in [0.1, 0.15) is 18.4 Å². The number of nitrogen functional groups attached to an aromatic ring is 1. The number of anilines is 1. The number of urea groups is 1. The fourth-order valence-electron chi connectivity index (χ4n) is 2.71. The van der Waals surface area contributed by atoms with Crippen molar-refractivity contribution in [3.05, 3.63) is 6.33 Å². The number of nitrogens with one attached hydrogen (secondary N) is 2. The molecule has 1 aromatic heterocycles. The highest BCUT2D eigenvalue weighted by Gasteiger charge is 2.49. The zero-order chi connectivity index (χ0) is 15.0. The summed E-state index contributed by atoms with van der Waals surface area (Å²) in [5.74, 6) is -0.483. The van der Waals surface area contributed by atoms with Crippen molar-refractivity contribution in [3.8, 4) is 0 Å². The number of carbonyl (C=O) groups excluding carboxylic acids is 3. The molecule has 0 aliphatic carbocycles. The highest BCUT2D eigenvalue weighted by Crippen LogP contribution is 2.24. The Bertz CT molecular complexity index is 613. The van der Waals surface area contributed by atoms with E-state index in [-0.39, 0.29) is 30.9 Å². The third-order valence-electron chi connectivity index (χ3n) is 3.71. The number of carbonyl (C=O) groups is 3. The lowest BCUT2D eigenvalue weighted by Crippen LogP contribution is -2.60. The van der Waals surface area contributed by atoms with Crippen molar-refractivity contribution in [1.29, 1.82) is 0 Å². The predicted molar refractivity (Wildman–Crippen MR) is 69.7 cm³/mol. The lowest BCUT2D eigenvalue weighted by molar-refractivity contribution is -0.136. The first-order valence-electron chi connectivity index (χ1n) is 6.55. The maximum Gasteiger partial charge on any atom is 0.322 e. The van der Waals surface area contributed by atoms with Crippen molar-refractivity contribution in [3.63, 3.8) is 0 Å². The summed E-state index contributed by atoms with van der Waals surface area (Å²) in [6.07, 6.45) is 2.53. The molecule has 4 N–H and O–H groups in total. The average molecular weight is 293 g/mol. The zero-order valence-electron chi connectivity index (χ0n) is 11.2. The molecule has 2 fully saturated rings. The maximum absolute atomic E-state index is 12.3. The van der Waals surface area contributed by atoms with E-state index in [1.54, 1.807) is 4.90 Å². The quantitative estimate of drug-likeness (QED) is 0.543. The molecule has 3 rings (SSSR count). The summed E-state index contributed by atoms with van der Waals surface area (Å²) in [6.45, 7) is 0.692. The molecule has 1 atom stereocenters. The Labute approximate surface area is 119 Å². The third-order valence-corrected chi connectivity index (χ3v) is 3.71. The molecule has 1 spiro atoms. The second-order valence-corrected chi connectivity index (χ2v) is 5.21. The molecule has 112 valence electrons. The largest absolute Gasteiger partial charge is 0.367 e. The van der Waals surface area contributed by atoms with Gasteiger partial charge in [-0.15, -0.1) is 5.10 Å². The second kappa shape index (κ2) is 4.72. The van der Waals surface area contributed by atoms with E-state index in [1.807, 2.05) is 0 Å². The number of nitrogens with two attached hydrogens (primary N) is 1. The molecule has 1 aromatic rings. The van der Waals surface area contributed by atoms with Crippen LogP contribution in [0.15, 0.2) is 6.33 Å². The van der Waals surface area contributed by atoms with Gasteiger partial charge in [-0.25, -0.2) is 14.5 Å². The summed E-state index contributed by atoms with van der Waals surface area (Å²) in [6, 6.07) is -0.515. The van der Waals surface area contributed by atoms with Gasteiger partial charge in [0, 0.05) is 6.54 Å². The molecule has 0 aromatic carbocycles. The molecular formula is C11H15N7O3. The van der Waals surface area contributed by atoms with Crippen molar-refractivity contribution in [2.75, 3.05) is 18.8 Å². The van der Waals surface area contributed by atoms with E-state index >= 15 is 0 Å². The molecule has 0 radical (unpaired) electrons. The Morgan fingerprint density at radius 3 is 2.90 bits per heavy atom. The van der Waals surface area contributed by atoms with E-state index in [0.717, 1.165) is 0 Å². The Kier molecular flexibility index (Phi) is 3.00. The first-order valence-corrected chi connectivity index (χ1v) is 6.55. The Balaban J connectivity index is 1.70. The van der Waals surface area contributed by atoms with E-state index in [0.29, 0.717) is 19.4 Å². The number of rotatable bonds is 2. The number of imide groups is 1. The standard InChI is InChI=1S/C11H15N7O3/c12-9-13-6-18(16-9)4-7(19)17-3-1-2-11(5-17)8(20)14-10(21)15-11/h6H,1-5H2,(H2,12,16)(H2,14,15,20,21). The van der Waals surface area contributed by atoms with Crippen molar-refractivity contribution < 1.29 is 14.4 Å². The monoisotopic (exact) mass is 293 g/mol. The number of amides is 4. The molecule has 4 amide bonds. The van der Waals surface area contributed by atoms with Crippen LogP contribution < -0.4 is 16.4 Å². The van der Waals surface area contributed by atoms with Crippen LogP contribution in [0.3, 0.4) is 0 Å². The summed E-state index contributed by atoms with van der Waals surface area (Å²) < 4.78 is 1.34. The number of piperidine rings is 1. The van der Waals surface area contributed by atoms with Crippen LogP contribution in [-0.2, 0) is 16.1 Å². The van der Waals surface area contributed by atoms with Crippen LogP contribution >= 0.6 is 0 Å². The molecule has 10 nitrogen and oxygen atoms in total. The van der Waals surface area contributed by atoms with Gasteiger partial charge in [0.15, 0.2) is 0 Å². The third kappa shape index (κ3) is 2.39. The lowest BCUT2D eigenvalue weighted by atomic mass is 9.89. The zero-order valence-corrected chi connectivity index (χ0v) is 11.2. The highest BCUT2D eigenvalue weighted by molar-refractivity contribution is 6.07. The minimum atomic E-state index is -1.01. The average Bonchev–Trinajstić information content (AvgIpc) is 2.94. The van der Waals surface area contributed by atoms with Crippen molar-refractivity contribution in [1.82, 2.24) is 30.3 Å². The van der Waals surface area contributed by atoms with Crippen LogP contribution in [0.4, 0.5) is 10.7 Å². The molecule has 3 heterocycles. The molecule has 10 heteroatoms. The second-order valence-electron chi connectivity index (χ2n) is 5.21. The summed E-state index contributed by atoms with van der Waals surface area (Å²) in [5, 5.41) is 8.69. The predicted octanol–water partition coefficient (Wildman–Crippen LogP) is -1.94. The van der Waals surface area contributed by atoms with Crippen LogP contribution in [-0.4, -0.2) is 56.1 Å². The first kappa shape index (κ1) is 13.3. The smallest absolute Gasteiger partial charge is 0.322 e. The van der Waals surface area contributed by atoms with E-state index in [2.05, 4.69) is 20.7 Å². The minimum Gasteiger partial charge on any atom is -0.367 e. The molecule has 0 saturated carbocycles. The van der Waals surface area contributed by atoms with Gasteiger partial charge >= 0.3 is 6.03 Å². The SMILES string of the molecule is Nc1ncn(CC(=O)N2CCCC3(C2)NC(=O)NC3=O)n1. The number of hydrogen-bond donors (Lipinski definition) is 3. The van der Waals surface area contributed by atoms with Gasteiger partial charge in [-0.3, -0.25) is 14.9 Å². The minimum absolute atomic E-state index is 0.00412. The Hall–Kier alpha value is -2.65. The molecule has 2 aliphatic rings. The number of hydrogen-bond acceptors (Lipinski definition) is 6. The van der Waals surface area contributed by atoms with Crippen molar-refractivity contribution in [2.45, 2.75) is 24.9 Å². The first-order chi connectivity index (χ1) is 9.98.